The van der Waals surface area contributed by atoms with Crippen molar-refractivity contribution in [3.63, 3.8) is 0 Å². The zero-order valence-electron chi connectivity index (χ0n) is 2.32. The highest BCUT2D eigenvalue weighted by Crippen LogP contribution is 1.91. The second kappa shape index (κ2) is 0.725. The Labute approximate surface area is 25.6 Å². The summed E-state index contributed by atoms with van der Waals surface area (Å²) in [7, 11) is 0. The molecule has 0 amide bonds. The van der Waals surface area contributed by atoms with Crippen molar-refractivity contribution >= 4 is 0 Å². The molecule has 0 saturated carbocycles. The largest absolute Gasteiger partial charge is 0.380 e. The van der Waals surface area contributed by atoms with E-state index < -0.39 is 0 Å². The molecule has 0 N–H and O–H groups in total. The molecular formula is C3H4O. The molecule has 0 aromatic heterocycles. The Hall–Kier alpha value is -0.0400. The van der Waals surface area contributed by atoms with Gasteiger partial charge in [-0.1, -0.05) is 0 Å². The van der Waals surface area contributed by atoms with Crippen LogP contribution in [0.4, 0.5) is 0 Å². The molecule has 1 fully saturated rings. The first-order valence-electron chi connectivity index (χ1n) is 1.28. The van der Waals surface area contributed by atoms with Gasteiger partial charge >= 0.3 is 0 Å². The molecule has 4 heavy (non-hydrogen) atoms. The lowest BCUT2D eigenvalue weighted by molar-refractivity contribution is 0.0965. The number of rotatable bonds is 0. The molecule has 1 saturated heterocycles. The molecule has 0 spiro atoms. The van der Waals surface area contributed by atoms with E-state index in [1.165, 1.54) is 0 Å². The van der Waals surface area contributed by atoms with Crippen molar-refractivity contribution in [2.45, 2.75) is 0 Å². The van der Waals surface area contributed by atoms with Crippen LogP contribution in [0.2, 0.25) is 0 Å². The van der Waals surface area contributed by atoms with E-state index in [9.17, 15) is 0 Å². The summed E-state index contributed by atoms with van der Waals surface area (Å²) in [6.45, 7) is 1.50. The predicted octanol–water partition coefficient (Wildman–Crippen LogP) is 0.0979. The molecule has 1 nitrogen and oxygen atoms in total. The minimum atomic E-state index is 0.750. The fraction of sp³-hybridized carbons (Fsp3) is 0.667. The smallest absolute Gasteiger partial charge is 0.0559 e. The van der Waals surface area contributed by atoms with Crippen molar-refractivity contribution in [1.82, 2.24) is 0 Å². The molecule has 22 valence electrons. The van der Waals surface area contributed by atoms with Gasteiger partial charge in [-0.05, 0) is 0 Å². The van der Waals surface area contributed by atoms with Crippen LogP contribution in [0, 0.1) is 6.42 Å². The summed E-state index contributed by atoms with van der Waals surface area (Å²) in [5.74, 6) is 0. The summed E-state index contributed by atoms with van der Waals surface area (Å²) < 4.78 is 4.61. The van der Waals surface area contributed by atoms with E-state index in [1.807, 2.05) is 0 Å². The number of hydrogen-bond acceptors (Lipinski definition) is 1. The van der Waals surface area contributed by atoms with Gasteiger partial charge in [-0.25, -0.2) is 0 Å². The Bertz CT molecular complexity index is 11.2. The topological polar surface area (TPSA) is 9.23 Å². The Morgan fingerprint density at radius 1 is 1.50 bits per heavy atom. The van der Waals surface area contributed by atoms with Crippen LogP contribution < -0.4 is 0 Å². The monoisotopic (exact) mass is 56.0 g/mol. The molecule has 1 heteroatoms. The zero-order chi connectivity index (χ0) is 2.83. The van der Waals surface area contributed by atoms with E-state index in [0.29, 0.717) is 0 Å². The van der Waals surface area contributed by atoms with Gasteiger partial charge in [0, 0.05) is 6.42 Å². The van der Waals surface area contributed by atoms with Crippen molar-refractivity contribution in [3.05, 3.63) is 6.42 Å². The lowest BCUT2D eigenvalue weighted by atomic mass is 10.4. The van der Waals surface area contributed by atoms with Gasteiger partial charge in [-0.2, -0.15) is 0 Å². The second-order valence-electron chi connectivity index (χ2n) is 0.743. The first-order chi connectivity index (χ1) is 2.00. The normalized spacial score (nSPS) is 24.0. The Morgan fingerprint density at radius 2 is 1.75 bits per heavy atom. The maximum atomic E-state index is 4.61. The van der Waals surface area contributed by atoms with Gasteiger partial charge in [-0.3, -0.25) is 0 Å². The third-order valence-corrected chi connectivity index (χ3v) is 0.408. The van der Waals surface area contributed by atoms with Crippen LogP contribution in [0.25, 0.3) is 0 Å². The highest BCUT2D eigenvalue weighted by atomic mass is 16.5. The standard InChI is InChI=1S/C3H4O/c1-2-4-3-1/h2-3H2. The molecular weight excluding hydrogens is 52.0 g/mol. The third-order valence-electron chi connectivity index (χ3n) is 0.408. The fourth-order valence-corrected chi connectivity index (χ4v) is 0.102. The van der Waals surface area contributed by atoms with Gasteiger partial charge in [0.1, 0.15) is 0 Å². The minimum Gasteiger partial charge on any atom is -0.380 e. The van der Waals surface area contributed by atoms with E-state index in [0.717, 1.165) is 13.2 Å². The van der Waals surface area contributed by atoms with Crippen molar-refractivity contribution in [2.75, 3.05) is 13.2 Å². The van der Waals surface area contributed by atoms with Gasteiger partial charge in [0.15, 0.2) is 0 Å². The third kappa shape index (κ3) is 0.115. The zero-order valence-corrected chi connectivity index (χ0v) is 2.32. The van der Waals surface area contributed by atoms with E-state index in [1.54, 1.807) is 0 Å². The number of hydrogen-bond donors (Lipinski definition) is 0. The van der Waals surface area contributed by atoms with Crippen LogP contribution >= 0.6 is 0 Å². The van der Waals surface area contributed by atoms with Gasteiger partial charge in [0.05, 0.1) is 13.2 Å². The summed E-state index contributed by atoms with van der Waals surface area (Å²) in [5.41, 5.74) is 0. The van der Waals surface area contributed by atoms with Gasteiger partial charge in [0.2, 0.25) is 0 Å². The summed E-state index contributed by atoms with van der Waals surface area (Å²) in [4.78, 5) is 0. The maximum Gasteiger partial charge on any atom is 0.0559 e. The molecule has 1 rings (SSSR count). The quantitative estimate of drug-likeness (QED) is 0.382. The Morgan fingerprint density at radius 3 is 1.75 bits per heavy atom. The summed E-state index contributed by atoms with van der Waals surface area (Å²) >= 11 is 0. The van der Waals surface area contributed by atoms with Crippen LogP contribution in [0.3, 0.4) is 0 Å². The highest BCUT2D eigenvalue weighted by Gasteiger charge is 1.96. The molecule has 0 atom stereocenters. The van der Waals surface area contributed by atoms with Gasteiger partial charge in [0.25, 0.3) is 0 Å². The van der Waals surface area contributed by atoms with Gasteiger partial charge in [-0.15, -0.1) is 0 Å². The summed E-state index contributed by atoms with van der Waals surface area (Å²) in [6, 6.07) is 0. The lowest BCUT2D eigenvalue weighted by Crippen LogP contribution is -2.10. The molecule has 0 aromatic rings. The van der Waals surface area contributed by atoms with Crippen molar-refractivity contribution in [2.24, 2.45) is 0 Å². The minimum absolute atomic E-state index is 0.750. The van der Waals surface area contributed by atoms with Crippen molar-refractivity contribution in [1.29, 1.82) is 0 Å². The lowest BCUT2D eigenvalue weighted by Gasteiger charge is -2.07. The van der Waals surface area contributed by atoms with Crippen LogP contribution in [0.5, 0.6) is 0 Å². The fourth-order valence-electron chi connectivity index (χ4n) is 0.102. The van der Waals surface area contributed by atoms with Gasteiger partial charge < -0.3 is 4.74 Å². The number of ether oxygens (including phenoxy) is 1. The molecule has 1 heterocycles. The molecule has 2 radical (unpaired) electrons. The SMILES string of the molecule is [C]1COC1. The average Bonchev–Trinajstić information content (AvgIpc) is 0.722. The van der Waals surface area contributed by atoms with Crippen LogP contribution in [-0.2, 0) is 4.74 Å². The Kier molecular flexibility index (Phi) is 0.401. The predicted molar refractivity (Wildman–Crippen MR) is 14.1 cm³/mol. The summed E-state index contributed by atoms with van der Waals surface area (Å²) in [5, 5.41) is 0. The van der Waals surface area contributed by atoms with Crippen molar-refractivity contribution in [3.8, 4) is 0 Å². The highest BCUT2D eigenvalue weighted by molar-refractivity contribution is 4.69. The molecule has 0 aliphatic carbocycles. The van der Waals surface area contributed by atoms with E-state index in [2.05, 4.69) is 11.2 Å². The van der Waals surface area contributed by atoms with Crippen LogP contribution in [-0.4, -0.2) is 13.2 Å². The van der Waals surface area contributed by atoms with E-state index >= 15 is 0 Å². The summed E-state index contributed by atoms with van der Waals surface area (Å²) in [6.07, 6.45) is 2.89. The van der Waals surface area contributed by atoms with E-state index in [-0.39, 0.29) is 0 Å². The average molecular weight is 56.1 g/mol. The molecule has 1 aliphatic heterocycles. The maximum absolute atomic E-state index is 4.61. The second-order valence-corrected chi connectivity index (χ2v) is 0.743. The molecule has 1 aliphatic rings. The van der Waals surface area contributed by atoms with Crippen molar-refractivity contribution < 1.29 is 4.74 Å². The van der Waals surface area contributed by atoms with E-state index in [4.69, 9.17) is 0 Å². The Balaban J connectivity index is 2.00. The molecule has 0 bridgehead atoms. The first-order valence-corrected chi connectivity index (χ1v) is 1.28. The van der Waals surface area contributed by atoms with Crippen LogP contribution in [0.1, 0.15) is 0 Å². The molecule has 0 unspecified atom stereocenters. The van der Waals surface area contributed by atoms with Crippen LogP contribution in [0.15, 0.2) is 0 Å². The molecule has 0 aromatic carbocycles. The first kappa shape index (κ1) is 2.21.